The summed E-state index contributed by atoms with van der Waals surface area (Å²) in [4.78, 5) is 4.91. The molecule has 0 spiro atoms. The van der Waals surface area contributed by atoms with Gasteiger partial charge < -0.3 is 18.9 Å². The second kappa shape index (κ2) is 16.3. The van der Waals surface area contributed by atoms with Gasteiger partial charge in [-0.05, 0) is 158 Å². The lowest BCUT2D eigenvalue weighted by atomic mass is 9.83. The van der Waals surface area contributed by atoms with Gasteiger partial charge in [0.15, 0.2) is 0 Å². The topological polar surface area (TPSA) is 16.3 Å². The molecule has 2 aliphatic carbocycles. The minimum absolute atomic E-state index is 0.0916. The number of para-hydroxylation sites is 4. The molecule has 0 saturated carbocycles. The maximum absolute atomic E-state index is 14.1. The number of hydrogen-bond acceptors (Lipinski definition) is 2. The van der Waals surface area contributed by atoms with Gasteiger partial charge in [0.25, 0.3) is 0 Å². The predicted octanol–water partition coefficient (Wildman–Crippen LogP) is 15.7. The zero-order chi connectivity index (χ0) is 45.1. The first-order valence-electron chi connectivity index (χ1n) is 23.0. The van der Waals surface area contributed by atoms with E-state index in [1.807, 2.05) is 24.3 Å². The maximum Gasteiger partial charge on any atom is 0.123 e. The van der Waals surface area contributed by atoms with Crippen LogP contribution in [-0.2, 0) is 6.42 Å². The summed E-state index contributed by atoms with van der Waals surface area (Å²) in [6.45, 7) is 2.35. The average molecular weight is 873 g/mol. The van der Waals surface area contributed by atoms with Crippen LogP contribution >= 0.6 is 0 Å². The minimum atomic E-state index is -0.310. The minimum Gasteiger partial charge on any atom is -0.356 e. The molecular weight excluding hydrogens is 827 g/mol. The molecule has 0 bridgehead atoms. The lowest BCUT2D eigenvalue weighted by Crippen LogP contribution is -2.52. The summed E-state index contributed by atoms with van der Waals surface area (Å²) in [7, 11) is 0. The SMILES string of the molecule is CC1(N(c2ccccc2)C2C=Cc3c(c4ccccc4n3-c3ccc(F)cc3)C2)C=CC(c2ccc(N(c3ccccc3)c3ccc4c(c3)c3ccccc3n4-c3ccc(F)cc3)cc2)=CC1. The third kappa shape index (κ3) is 7.04. The second-order valence-electron chi connectivity index (χ2n) is 17.8. The molecule has 4 nitrogen and oxygen atoms in total. The Balaban J connectivity index is 0.860. The van der Waals surface area contributed by atoms with Gasteiger partial charge in [-0.3, -0.25) is 0 Å². The molecule has 0 fully saturated rings. The molecule has 67 heavy (non-hydrogen) atoms. The zero-order valence-corrected chi connectivity index (χ0v) is 37.0. The number of rotatable bonds is 9. The first-order chi connectivity index (χ1) is 32.9. The van der Waals surface area contributed by atoms with Crippen molar-refractivity contribution < 1.29 is 8.78 Å². The summed E-state index contributed by atoms with van der Waals surface area (Å²) in [6, 6.07) is 67.4. The molecule has 10 aromatic rings. The van der Waals surface area contributed by atoms with E-state index in [1.54, 1.807) is 0 Å². The predicted molar refractivity (Wildman–Crippen MR) is 274 cm³/mol. The number of halogens is 2. The molecule has 0 amide bonds. The van der Waals surface area contributed by atoms with Crippen molar-refractivity contribution >= 4 is 67.1 Å². The monoisotopic (exact) mass is 872 g/mol. The Hall–Kier alpha value is -8.22. The fourth-order valence-corrected chi connectivity index (χ4v) is 10.6. The van der Waals surface area contributed by atoms with Crippen LogP contribution < -0.4 is 9.80 Å². The molecule has 2 unspecified atom stereocenters. The second-order valence-corrected chi connectivity index (χ2v) is 17.8. The Bertz CT molecular complexity index is 3550. The van der Waals surface area contributed by atoms with Crippen molar-refractivity contribution in [2.45, 2.75) is 31.3 Å². The molecule has 0 N–H and O–H groups in total. The third-order valence-electron chi connectivity index (χ3n) is 13.7. The van der Waals surface area contributed by atoms with Crippen molar-refractivity contribution in [3.63, 3.8) is 0 Å². The Labute approximate surface area is 388 Å². The number of anilines is 4. The van der Waals surface area contributed by atoms with Crippen LogP contribution in [0, 0.1) is 11.6 Å². The molecule has 2 aliphatic rings. The fraction of sp³-hybridized carbons (Fsp3) is 0.0820. The largest absolute Gasteiger partial charge is 0.356 e. The molecule has 2 heterocycles. The van der Waals surface area contributed by atoms with Crippen molar-refractivity contribution in [1.82, 2.24) is 9.13 Å². The average Bonchev–Trinajstić information content (AvgIpc) is 3.88. The highest BCUT2D eigenvalue weighted by atomic mass is 19.1. The first-order valence-corrected chi connectivity index (χ1v) is 23.0. The number of allylic oxidation sites excluding steroid dienone is 2. The van der Waals surface area contributed by atoms with E-state index in [1.165, 1.54) is 46.5 Å². The van der Waals surface area contributed by atoms with Crippen molar-refractivity contribution in [2.75, 3.05) is 9.80 Å². The van der Waals surface area contributed by atoms with E-state index in [-0.39, 0.29) is 23.2 Å². The Morgan fingerprint density at radius 3 is 1.72 bits per heavy atom. The van der Waals surface area contributed by atoms with Gasteiger partial charge in [-0.25, -0.2) is 8.78 Å². The highest BCUT2D eigenvalue weighted by Crippen LogP contribution is 2.43. The van der Waals surface area contributed by atoms with Gasteiger partial charge in [0.05, 0.1) is 28.1 Å². The van der Waals surface area contributed by atoms with E-state index in [9.17, 15) is 8.78 Å². The molecule has 8 aromatic carbocycles. The lowest BCUT2D eigenvalue weighted by Gasteiger charge is -2.47. The molecule has 324 valence electrons. The van der Waals surface area contributed by atoms with Crippen LogP contribution in [-0.4, -0.2) is 20.7 Å². The summed E-state index contributed by atoms with van der Waals surface area (Å²) in [5.74, 6) is -0.490. The van der Waals surface area contributed by atoms with Crippen LogP contribution in [0.4, 0.5) is 31.5 Å². The number of aromatic nitrogens is 2. The quantitative estimate of drug-likeness (QED) is 0.144. The highest BCUT2D eigenvalue weighted by Gasteiger charge is 2.37. The molecule has 0 aliphatic heterocycles. The lowest BCUT2D eigenvalue weighted by molar-refractivity contribution is 0.477. The smallest absolute Gasteiger partial charge is 0.123 e. The molecule has 0 saturated heterocycles. The molecule has 2 aromatic heterocycles. The van der Waals surface area contributed by atoms with E-state index < -0.39 is 0 Å². The van der Waals surface area contributed by atoms with Crippen LogP contribution in [0.5, 0.6) is 0 Å². The Morgan fingerprint density at radius 1 is 0.507 bits per heavy atom. The standard InChI is InChI=1S/C61H46F2N4/c1-61(67(50-14-6-3-7-15-50)52-33-35-60-56(41-52)54-17-9-11-19-58(54)66(60)49-30-24-45(63)25-31-49)38-36-43(37-39-61)42-20-26-47(27-21-42)64(46-12-4-2-5-13-46)51-32-34-59-55(40-51)53-16-8-10-18-57(53)65(59)48-28-22-44(62)23-29-48/h2-38,40,52H,39,41H2,1H3. The summed E-state index contributed by atoms with van der Waals surface area (Å²) < 4.78 is 32.6. The van der Waals surface area contributed by atoms with E-state index in [0.29, 0.717) is 0 Å². The third-order valence-corrected chi connectivity index (χ3v) is 13.7. The summed E-state index contributed by atoms with van der Waals surface area (Å²) in [5, 5.41) is 3.49. The van der Waals surface area contributed by atoms with E-state index in [2.05, 4.69) is 208 Å². The Morgan fingerprint density at radius 2 is 1.06 bits per heavy atom. The summed E-state index contributed by atoms with van der Waals surface area (Å²) in [5.41, 5.74) is 14.0. The van der Waals surface area contributed by atoms with Crippen LogP contribution in [0.3, 0.4) is 0 Å². The van der Waals surface area contributed by atoms with Gasteiger partial charge in [-0.2, -0.15) is 0 Å². The highest BCUT2D eigenvalue weighted by molar-refractivity contribution is 6.10. The number of nitrogens with zero attached hydrogens (tertiary/aromatic N) is 4. The first kappa shape index (κ1) is 40.3. The van der Waals surface area contributed by atoms with Gasteiger partial charge >= 0.3 is 0 Å². The number of benzene rings is 8. The summed E-state index contributed by atoms with van der Waals surface area (Å²) in [6.07, 6.45) is 13.4. The van der Waals surface area contributed by atoms with Crippen LogP contribution in [0.2, 0.25) is 0 Å². The van der Waals surface area contributed by atoms with Crippen molar-refractivity contribution in [3.8, 4) is 11.4 Å². The van der Waals surface area contributed by atoms with Crippen LogP contribution in [0.15, 0.2) is 224 Å². The molecule has 6 heteroatoms. The van der Waals surface area contributed by atoms with Gasteiger partial charge in [-0.1, -0.05) is 109 Å². The maximum atomic E-state index is 14.1. The Kier molecular flexibility index (Phi) is 9.83. The van der Waals surface area contributed by atoms with Crippen molar-refractivity contribution in [3.05, 3.63) is 253 Å². The van der Waals surface area contributed by atoms with E-state index in [0.717, 1.165) is 79.9 Å². The van der Waals surface area contributed by atoms with Crippen LogP contribution in [0.1, 0.15) is 30.2 Å². The fourth-order valence-electron chi connectivity index (χ4n) is 10.6. The van der Waals surface area contributed by atoms with Gasteiger partial charge in [-0.15, -0.1) is 0 Å². The molecular formula is C61H46F2N4. The van der Waals surface area contributed by atoms with Crippen LogP contribution in [0.25, 0.3) is 55.7 Å². The molecule has 0 radical (unpaired) electrons. The summed E-state index contributed by atoms with van der Waals surface area (Å²) >= 11 is 0. The van der Waals surface area contributed by atoms with Gasteiger partial charge in [0.1, 0.15) is 11.6 Å². The van der Waals surface area contributed by atoms with Crippen molar-refractivity contribution in [2.24, 2.45) is 0 Å². The zero-order valence-electron chi connectivity index (χ0n) is 37.0. The van der Waals surface area contributed by atoms with Gasteiger partial charge in [0, 0.05) is 56.0 Å². The van der Waals surface area contributed by atoms with Gasteiger partial charge in [0.2, 0.25) is 0 Å². The van der Waals surface area contributed by atoms with E-state index >= 15 is 0 Å². The van der Waals surface area contributed by atoms with Crippen molar-refractivity contribution in [1.29, 1.82) is 0 Å². The number of fused-ring (bicyclic) bond motifs is 6. The normalized spacial score (nSPS) is 16.6. The molecule has 2 atom stereocenters. The van der Waals surface area contributed by atoms with E-state index in [4.69, 9.17) is 0 Å². The molecule has 12 rings (SSSR count). The number of hydrogen-bond donors (Lipinski definition) is 0.